The zero-order valence-corrected chi connectivity index (χ0v) is 10.8. The van der Waals surface area contributed by atoms with E-state index in [2.05, 4.69) is 0 Å². The summed E-state index contributed by atoms with van der Waals surface area (Å²) in [5.41, 5.74) is -0.0381. The van der Waals surface area contributed by atoms with Gasteiger partial charge >= 0.3 is 5.97 Å². The summed E-state index contributed by atoms with van der Waals surface area (Å²) in [5, 5.41) is 9.67. The Kier molecular flexibility index (Phi) is 4.70. The zero-order valence-electron chi connectivity index (χ0n) is 10.8. The molecule has 1 atom stereocenters. The number of carbonyl (C=O) groups is 1. The third kappa shape index (κ3) is 2.34. The fourth-order valence-corrected chi connectivity index (χ4v) is 2.50. The van der Waals surface area contributed by atoms with E-state index in [1.807, 2.05) is 56.0 Å². The monoisotopic (exact) mass is 235 g/mol. The molecule has 0 spiro atoms. The van der Waals surface area contributed by atoms with E-state index in [-0.39, 0.29) is 0 Å². The van der Waals surface area contributed by atoms with E-state index in [9.17, 15) is 9.90 Å². The van der Waals surface area contributed by atoms with Crippen molar-refractivity contribution in [2.24, 2.45) is 0 Å². The minimum atomic E-state index is -0.898. The Bertz CT molecular complexity index is 360. The van der Waals surface area contributed by atoms with Crippen LogP contribution in [0, 0.1) is 0 Å². The molecule has 0 heterocycles. The third-order valence-corrected chi connectivity index (χ3v) is 3.42. The second-order valence-corrected chi connectivity index (χ2v) is 4.06. The first kappa shape index (κ1) is 13.7. The highest BCUT2D eigenvalue weighted by Crippen LogP contribution is 2.32. The Hall–Kier alpha value is -1.35. The predicted octanol–water partition coefficient (Wildman–Crippen LogP) is 2.72. The van der Waals surface area contributed by atoms with Crippen LogP contribution < -0.4 is 0 Å². The van der Waals surface area contributed by atoms with Crippen LogP contribution in [0.2, 0.25) is 0 Å². The van der Waals surface area contributed by atoms with Gasteiger partial charge in [0.25, 0.3) is 0 Å². The predicted molar refractivity (Wildman–Crippen MR) is 69.0 cm³/mol. The van der Waals surface area contributed by atoms with Crippen LogP contribution in [-0.4, -0.2) is 29.1 Å². The number of carboxylic acid groups (broad SMARTS) is 1. The largest absolute Gasteiger partial charge is 0.480 e. The van der Waals surface area contributed by atoms with Crippen molar-refractivity contribution in [2.45, 2.75) is 32.7 Å². The molecule has 1 unspecified atom stereocenters. The maximum atomic E-state index is 11.8. The normalized spacial score (nSPS) is 14.6. The molecule has 0 radical (unpaired) electrons. The maximum Gasteiger partial charge on any atom is 0.328 e. The Labute approximate surface area is 103 Å². The lowest BCUT2D eigenvalue weighted by atomic mass is 9.85. The molecule has 17 heavy (non-hydrogen) atoms. The van der Waals surface area contributed by atoms with Crippen molar-refractivity contribution >= 4 is 5.97 Å². The van der Waals surface area contributed by atoms with E-state index in [1.54, 1.807) is 0 Å². The van der Waals surface area contributed by atoms with Crippen molar-refractivity contribution < 1.29 is 9.90 Å². The van der Waals surface area contributed by atoms with Gasteiger partial charge in [0.05, 0.1) is 0 Å². The minimum Gasteiger partial charge on any atom is -0.480 e. The Morgan fingerprint density at radius 1 is 1.18 bits per heavy atom. The second kappa shape index (κ2) is 5.82. The van der Waals surface area contributed by atoms with Crippen molar-refractivity contribution in [3.05, 3.63) is 35.9 Å². The molecule has 1 rings (SSSR count). The van der Waals surface area contributed by atoms with Crippen LogP contribution in [-0.2, 0) is 10.3 Å². The van der Waals surface area contributed by atoms with E-state index in [0.717, 1.165) is 18.7 Å². The first-order valence-corrected chi connectivity index (χ1v) is 6.17. The van der Waals surface area contributed by atoms with Crippen molar-refractivity contribution in [2.75, 3.05) is 13.1 Å². The third-order valence-electron chi connectivity index (χ3n) is 3.42. The van der Waals surface area contributed by atoms with Gasteiger partial charge in [-0.2, -0.15) is 0 Å². The average Bonchev–Trinajstić information content (AvgIpc) is 2.36. The highest BCUT2D eigenvalue weighted by Gasteiger charge is 2.42. The van der Waals surface area contributed by atoms with Crippen molar-refractivity contribution in [3.8, 4) is 0 Å². The number of aliphatic carboxylic acids is 1. The number of carboxylic acids is 1. The van der Waals surface area contributed by atoms with E-state index < -0.39 is 11.5 Å². The fraction of sp³-hybridized carbons (Fsp3) is 0.500. The highest BCUT2D eigenvalue weighted by molar-refractivity contribution is 5.80. The lowest BCUT2D eigenvalue weighted by molar-refractivity contribution is -0.152. The average molecular weight is 235 g/mol. The first-order valence-electron chi connectivity index (χ1n) is 6.17. The smallest absolute Gasteiger partial charge is 0.328 e. The quantitative estimate of drug-likeness (QED) is 0.824. The van der Waals surface area contributed by atoms with E-state index in [1.165, 1.54) is 0 Å². The standard InChI is InChI=1S/C14H21NO2/c1-4-14(13(16)17,15(5-2)6-3)12-10-8-7-9-11-12/h7-11H,4-6H2,1-3H3,(H,16,17). The SMILES string of the molecule is CCN(CC)C(CC)(C(=O)O)c1ccccc1. The molecule has 0 saturated heterocycles. The summed E-state index contributed by atoms with van der Waals surface area (Å²) in [6, 6.07) is 9.50. The van der Waals surface area contributed by atoms with Gasteiger partial charge in [0, 0.05) is 0 Å². The molecule has 0 fully saturated rings. The number of hydrogen-bond acceptors (Lipinski definition) is 2. The lowest BCUT2D eigenvalue weighted by Crippen LogP contribution is -2.51. The molecular formula is C14H21NO2. The van der Waals surface area contributed by atoms with Gasteiger partial charge in [-0.25, -0.2) is 4.79 Å². The second-order valence-electron chi connectivity index (χ2n) is 4.06. The van der Waals surface area contributed by atoms with Crippen LogP contribution in [0.3, 0.4) is 0 Å². The van der Waals surface area contributed by atoms with E-state index in [0.29, 0.717) is 6.42 Å². The molecular weight excluding hydrogens is 214 g/mol. The summed E-state index contributed by atoms with van der Waals surface area (Å²) in [6.07, 6.45) is 0.564. The van der Waals surface area contributed by atoms with Crippen molar-refractivity contribution in [3.63, 3.8) is 0 Å². The molecule has 0 aliphatic heterocycles. The number of likely N-dealkylation sites (N-methyl/N-ethyl adjacent to an activating group) is 1. The van der Waals surface area contributed by atoms with Crippen LogP contribution in [0.25, 0.3) is 0 Å². The van der Waals surface area contributed by atoms with Crippen LogP contribution in [0.4, 0.5) is 0 Å². The number of rotatable bonds is 6. The topological polar surface area (TPSA) is 40.5 Å². The molecule has 0 bridgehead atoms. The van der Waals surface area contributed by atoms with Crippen LogP contribution in [0.5, 0.6) is 0 Å². The summed E-state index contributed by atoms with van der Waals surface area (Å²) in [4.78, 5) is 13.8. The van der Waals surface area contributed by atoms with E-state index in [4.69, 9.17) is 0 Å². The van der Waals surface area contributed by atoms with Crippen LogP contribution in [0.1, 0.15) is 32.8 Å². The number of hydrogen-bond donors (Lipinski definition) is 1. The van der Waals surface area contributed by atoms with Gasteiger partial charge in [0.1, 0.15) is 5.54 Å². The number of nitrogens with zero attached hydrogens (tertiary/aromatic N) is 1. The summed E-state index contributed by atoms with van der Waals surface area (Å²) < 4.78 is 0. The molecule has 0 saturated carbocycles. The molecule has 0 aromatic heterocycles. The van der Waals surface area contributed by atoms with Gasteiger partial charge in [-0.05, 0) is 25.1 Å². The highest BCUT2D eigenvalue weighted by atomic mass is 16.4. The lowest BCUT2D eigenvalue weighted by Gasteiger charge is -2.39. The summed E-state index contributed by atoms with van der Waals surface area (Å²) >= 11 is 0. The number of benzene rings is 1. The molecule has 1 aromatic rings. The fourth-order valence-electron chi connectivity index (χ4n) is 2.50. The molecule has 94 valence electrons. The van der Waals surface area contributed by atoms with Gasteiger partial charge in [0.2, 0.25) is 0 Å². The summed E-state index contributed by atoms with van der Waals surface area (Å²) in [7, 11) is 0. The first-order chi connectivity index (χ1) is 8.13. The molecule has 1 aromatic carbocycles. The Morgan fingerprint density at radius 3 is 2.06 bits per heavy atom. The zero-order chi connectivity index (χ0) is 12.9. The van der Waals surface area contributed by atoms with Crippen molar-refractivity contribution in [1.82, 2.24) is 4.90 Å². The van der Waals surface area contributed by atoms with Gasteiger partial charge in [-0.1, -0.05) is 51.1 Å². The molecule has 0 aliphatic rings. The molecule has 3 nitrogen and oxygen atoms in total. The molecule has 0 amide bonds. The van der Waals surface area contributed by atoms with Gasteiger partial charge < -0.3 is 5.11 Å². The van der Waals surface area contributed by atoms with Crippen LogP contribution >= 0.6 is 0 Å². The minimum absolute atomic E-state index is 0.564. The van der Waals surface area contributed by atoms with Gasteiger partial charge in [-0.3, -0.25) is 4.90 Å². The van der Waals surface area contributed by atoms with Crippen LogP contribution in [0.15, 0.2) is 30.3 Å². The van der Waals surface area contributed by atoms with E-state index >= 15 is 0 Å². The van der Waals surface area contributed by atoms with Gasteiger partial charge in [-0.15, -0.1) is 0 Å². The molecule has 3 heteroatoms. The Morgan fingerprint density at radius 2 is 1.71 bits per heavy atom. The molecule has 1 N–H and O–H groups in total. The van der Waals surface area contributed by atoms with Crippen molar-refractivity contribution in [1.29, 1.82) is 0 Å². The maximum absolute atomic E-state index is 11.8. The van der Waals surface area contributed by atoms with Gasteiger partial charge in [0.15, 0.2) is 0 Å². The Balaban J connectivity index is 3.32. The molecule has 0 aliphatic carbocycles. The summed E-state index contributed by atoms with van der Waals surface area (Å²) in [6.45, 7) is 7.39. The summed E-state index contributed by atoms with van der Waals surface area (Å²) in [5.74, 6) is -0.769.